The minimum atomic E-state index is -2.36. The van der Waals surface area contributed by atoms with E-state index in [1.54, 1.807) is 0 Å². The number of carbonyl (C=O) groups is 1. The zero-order valence-corrected chi connectivity index (χ0v) is 12.3. The van der Waals surface area contributed by atoms with Gasteiger partial charge in [0.15, 0.2) is 33.0 Å². The Morgan fingerprint density at radius 2 is 1.50 bits per heavy atom. The summed E-state index contributed by atoms with van der Waals surface area (Å²) in [6.45, 7) is -2.25. The molecule has 1 aromatic rings. The topological polar surface area (TPSA) is 76.0 Å². The first-order valence-corrected chi connectivity index (χ1v) is 7.51. The van der Waals surface area contributed by atoms with E-state index >= 15 is 0 Å². The summed E-state index contributed by atoms with van der Waals surface area (Å²) in [5, 5.41) is 16.8. The first-order valence-electron chi connectivity index (χ1n) is 5.93. The average Bonchev–Trinajstić information content (AvgIpc) is 2.46. The van der Waals surface area contributed by atoms with Crippen LogP contribution >= 0.6 is 0 Å². The third-order valence-corrected chi connectivity index (χ3v) is 3.78. The van der Waals surface area contributed by atoms with Gasteiger partial charge in [-0.3, -0.25) is 0 Å². The van der Waals surface area contributed by atoms with Crippen LogP contribution in [0.15, 0.2) is 0 Å². The second kappa shape index (κ2) is 8.17. The van der Waals surface area contributed by atoms with Crippen LogP contribution in [-0.4, -0.2) is 39.0 Å². The highest BCUT2D eigenvalue weighted by atomic mass is 28.2. The van der Waals surface area contributed by atoms with E-state index in [2.05, 4.69) is 9.16 Å². The Labute approximate surface area is 123 Å². The molecule has 0 saturated heterocycles. The summed E-state index contributed by atoms with van der Waals surface area (Å²) in [5.41, 5.74) is -1.66. The van der Waals surface area contributed by atoms with Crippen LogP contribution < -0.4 is 0 Å². The van der Waals surface area contributed by atoms with Crippen LogP contribution in [0.1, 0.15) is 16.8 Å². The van der Waals surface area contributed by atoms with Gasteiger partial charge in [0.1, 0.15) is 5.56 Å². The molecule has 124 valence electrons. The molecule has 11 heteroatoms. The Balaban J connectivity index is 2.64. The smallest absolute Gasteiger partial charge is 0.344 e. The van der Waals surface area contributed by atoms with Gasteiger partial charge in [0.2, 0.25) is 5.82 Å². The van der Waals surface area contributed by atoms with Gasteiger partial charge in [0.05, 0.1) is 6.61 Å². The number of aliphatic hydroxyl groups excluding tert-OH is 1. The second-order valence-electron chi connectivity index (χ2n) is 3.99. The van der Waals surface area contributed by atoms with Crippen molar-refractivity contribution in [1.82, 2.24) is 0 Å². The third kappa shape index (κ3) is 4.46. The van der Waals surface area contributed by atoms with Crippen LogP contribution in [-0.2, 0) is 9.16 Å². The highest BCUT2D eigenvalue weighted by Gasteiger charge is 2.30. The monoisotopic (exact) mass is 346 g/mol. The van der Waals surface area contributed by atoms with E-state index in [4.69, 9.17) is 10.2 Å². The van der Waals surface area contributed by atoms with E-state index in [0.717, 1.165) is 0 Å². The maximum absolute atomic E-state index is 13.3. The lowest BCUT2D eigenvalue weighted by Crippen LogP contribution is -2.16. The molecule has 0 unspecified atom stereocenters. The maximum Gasteiger partial charge on any atom is 0.344 e. The number of carbonyl (C=O) groups excluding carboxylic acids is 1. The third-order valence-electron chi connectivity index (χ3n) is 2.45. The van der Waals surface area contributed by atoms with E-state index in [9.17, 15) is 26.7 Å². The molecule has 5 nitrogen and oxygen atoms in total. The second-order valence-corrected chi connectivity index (χ2v) is 5.43. The van der Waals surface area contributed by atoms with Crippen molar-refractivity contribution in [3.8, 4) is 0 Å². The van der Waals surface area contributed by atoms with Crippen molar-refractivity contribution in [2.24, 2.45) is 0 Å². The highest BCUT2D eigenvalue weighted by Crippen LogP contribution is 2.23. The molecule has 0 spiro atoms. The lowest BCUT2D eigenvalue weighted by Gasteiger charge is -2.09. The SMILES string of the molecule is O=C(OCCC[SiH2]OC(O)O)c1c(F)c(F)c(F)c(F)c1F. The van der Waals surface area contributed by atoms with Crippen LogP contribution in [0.2, 0.25) is 6.04 Å². The molecular formula is C11H11F5O5Si. The largest absolute Gasteiger partial charge is 0.462 e. The van der Waals surface area contributed by atoms with Crippen LogP contribution in [0.25, 0.3) is 0 Å². The molecule has 0 aliphatic rings. The number of esters is 1. The summed E-state index contributed by atoms with van der Waals surface area (Å²) >= 11 is 0. The maximum atomic E-state index is 13.3. The predicted octanol–water partition coefficient (Wildman–Crippen LogP) is 0.716. The minimum absolute atomic E-state index is 0.167. The Bertz CT molecular complexity index is 525. The summed E-state index contributed by atoms with van der Waals surface area (Å²) in [6, 6.07) is 0.335. The van der Waals surface area contributed by atoms with E-state index < -0.39 is 56.9 Å². The molecule has 0 aromatic heterocycles. The van der Waals surface area contributed by atoms with Gasteiger partial charge in [-0.05, 0) is 12.5 Å². The Morgan fingerprint density at radius 1 is 1.00 bits per heavy atom. The van der Waals surface area contributed by atoms with Gasteiger partial charge in [-0.15, -0.1) is 0 Å². The summed E-state index contributed by atoms with van der Waals surface area (Å²) < 4.78 is 74.0. The number of halogens is 5. The van der Waals surface area contributed by atoms with Crippen molar-refractivity contribution in [1.29, 1.82) is 0 Å². The number of rotatable bonds is 7. The first-order chi connectivity index (χ1) is 10.3. The first kappa shape index (κ1) is 18.5. The molecule has 22 heavy (non-hydrogen) atoms. The Hall–Kier alpha value is -1.56. The molecule has 0 radical (unpaired) electrons. The molecule has 0 amide bonds. The molecule has 0 aliphatic carbocycles. The normalized spacial score (nSPS) is 11.6. The lowest BCUT2D eigenvalue weighted by atomic mass is 10.1. The summed E-state index contributed by atoms with van der Waals surface area (Å²) in [5.74, 6) is -13.0. The fourth-order valence-corrected chi connectivity index (χ4v) is 2.20. The van der Waals surface area contributed by atoms with E-state index in [0.29, 0.717) is 6.04 Å². The van der Waals surface area contributed by atoms with Crippen LogP contribution in [0.5, 0.6) is 0 Å². The lowest BCUT2D eigenvalue weighted by molar-refractivity contribution is -0.180. The highest BCUT2D eigenvalue weighted by molar-refractivity contribution is 6.27. The van der Waals surface area contributed by atoms with E-state index in [-0.39, 0.29) is 13.0 Å². The summed E-state index contributed by atoms with van der Waals surface area (Å²) in [7, 11) is -1.29. The number of hydrogen-bond donors (Lipinski definition) is 2. The quantitative estimate of drug-likeness (QED) is 0.145. The van der Waals surface area contributed by atoms with Gasteiger partial charge in [-0.2, -0.15) is 0 Å². The van der Waals surface area contributed by atoms with Crippen molar-refractivity contribution < 1.29 is 46.1 Å². The van der Waals surface area contributed by atoms with Crippen LogP contribution in [0, 0.1) is 29.1 Å². The summed E-state index contributed by atoms with van der Waals surface area (Å²) in [6.07, 6.45) is 0.167. The molecule has 0 saturated carbocycles. The van der Waals surface area contributed by atoms with Crippen molar-refractivity contribution in [2.45, 2.75) is 18.9 Å². The molecule has 0 atom stereocenters. The fourth-order valence-electron chi connectivity index (χ4n) is 1.41. The number of aliphatic hydroxyl groups is 2. The van der Waals surface area contributed by atoms with Crippen LogP contribution in [0.4, 0.5) is 22.0 Å². The molecule has 0 aliphatic heterocycles. The molecule has 0 bridgehead atoms. The molecule has 1 rings (SSSR count). The van der Waals surface area contributed by atoms with Crippen molar-refractivity contribution in [2.75, 3.05) is 6.61 Å². The number of ether oxygens (including phenoxy) is 1. The average molecular weight is 346 g/mol. The molecule has 0 heterocycles. The van der Waals surface area contributed by atoms with Gasteiger partial charge in [0.25, 0.3) is 6.48 Å². The molecule has 0 fully saturated rings. The Morgan fingerprint density at radius 3 is 2.00 bits per heavy atom. The molecule has 2 N–H and O–H groups in total. The molecule has 1 aromatic carbocycles. The summed E-state index contributed by atoms with van der Waals surface area (Å²) in [4.78, 5) is 11.4. The number of benzene rings is 1. The van der Waals surface area contributed by atoms with Gasteiger partial charge >= 0.3 is 5.97 Å². The fraction of sp³-hybridized carbons (Fsp3) is 0.364. The Kier molecular flexibility index (Phi) is 6.87. The van der Waals surface area contributed by atoms with Gasteiger partial charge in [-0.25, -0.2) is 26.7 Å². The standard InChI is InChI=1S/C11H11F5O5Si/c12-5-4(6(13)8(15)9(16)7(5)14)10(17)20-2-1-3-22-21-11(18)19/h11,18-19H,1-3,22H2. The zero-order chi connectivity index (χ0) is 16.9. The van der Waals surface area contributed by atoms with Gasteiger partial charge in [0, 0.05) is 0 Å². The van der Waals surface area contributed by atoms with Crippen LogP contribution in [0.3, 0.4) is 0 Å². The number of hydrogen-bond acceptors (Lipinski definition) is 5. The van der Waals surface area contributed by atoms with Gasteiger partial charge in [-0.1, -0.05) is 0 Å². The van der Waals surface area contributed by atoms with E-state index in [1.165, 1.54) is 0 Å². The zero-order valence-electron chi connectivity index (χ0n) is 10.9. The van der Waals surface area contributed by atoms with Gasteiger partial charge < -0.3 is 19.4 Å². The van der Waals surface area contributed by atoms with Crippen molar-refractivity contribution in [3.63, 3.8) is 0 Å². The predicted molar refractivity (Wildman–Crippen MR) is 63.8 cm³/mol. The van der Waals surface area contributed by atoms with E-state index in [1.807, 2.05) is 0 Å². The minimum Gasteiger partial charge on any atom is -0.462 e. The van der Waals surface area contributed by atoms with Crippen molar-refractivity contribution in [3.05, 3.63) is 34.6 Å². The molecular weight excluding hydrogens is 335 g/mol. The van der Waals surface area contributed by atoms with Crippen molar-refractivity contribution >= 4 is 15.7 Å².